The molecule has 0 N–H and O–H groups in total. The van der Waals surface area contributed by atoms with Crippen molar-refractivity contribution < 1.29 is 14.5 Å². The lowest BCUT2D eigenvalue weighted by Crippen LogP contribution is -2.32. The van der Waals surface area contributed by atoms with Gasteiger partial charge in [0.2, 0.25) is 0 Å². The lowest BCUT2D eigenvalue weighted by atomic mass is 9.91. The van der Waals surface area contributed by atoms with Gasteiger partial charge in [-0.25, -0.2) is 0 Å². The van der Waals surface area contributed by atoms with Crippen LogP contribution in [0, 0.1) is 15.5 Å². The number of anilines is 1. The van der Waals surface area contributed by atoms with E-state index in [0.717, 1.165) is 25.1 Å². The molecule has 0 saturated carbocycles. The van der Waals surface area contributed by atoms with Gasteiger partial charge in [0, 0.05) is 24.4 Å². The van der Waals surface area contributed by atoms with Gasteiger partial charge in [-0.1, -0.05) is 110 Å². The number of unbranched alkanes of at least 4 members (excludes halogenated alkanes) is 15. The summed E-state index contributed by atoms with van der Waals surface area (Å²) in [5.74, 6) is -0.153. The minimum absolute atomic E-state index is 0.0247. The van der Waals surface area contributed by atoms with Crippen molar-refractivity contribution in [3.05, 3.63) is 58.6 Å². The minimum atomic E-state index is -0.477. The van der Waals surface area contributed by atoms with E-state index >= 15 is 0 Å². The first-order valence-electron chi connectivity index (χ1n) is 17.9. The number of hydrogen-bond donors (Lipinski definition) is 0. The second kappa shape index (κ2) is 23.1. The van der Waals surface area contributed by atoms with Crippen molar-refractivity contribution in [3.63, 3.8) is 0 Å². The molecule has 0 aliphatic heterocycles. The summed E-state index contributed by atoms with van der Waals surface area (Å²) in [6.45, 7) is 10.0. The Balaban J connectivity index is 1.76. The maximum Gasteiger partial charge on any atom is 0.311 e. The zero-order valence-corrected chi connectivity index (χ0v) is 29.2. The van der Waals surface area contributed by atoms with Gasteiger partial charge < -0.3 is 9.64 Å². The van der Waals surface area contributed by atoms with Crippen molar-refractivity contribution in [1.29, 1.82) is 0 Å². The molecule has 0 radical (unpaired) electrons. The molecule has 2 aromatic carbocycles. The molecule has 0 aliphatic rings. The van der Waals surface area contributed by atoms with Crippen LogP contribution < -0.4 is 4.90 Å². The summed E-state index contributed by atoms with van der Waals surface area (Å²) in [5.41, 5.74) is 1.85. The van der Waals surface area contributed by atoms with Crippen molar-refractivity contribution in [1.82, 2.24) is 0 Å². The van der Waals surface area contributed by atoms with Crippen LogP contribution in [0.1, 0.15) is 137 Å². The Hall–Kier alpha value is -3.29. The summed E-state index contributed by atoms with van der Waals surface area (Å²) in [7, 11) is 0. The number of carbonyl (C=O) groups excluding carboxylic acids is 1. The number of ether oxygens (including phenoxy) is 1. The fourth-order valence-corrected chi connectivity index (χ4v) is 5.30. The summed E-state index contributed by atoms with van der Waals surface area (Å²) >= 11 is 0. The standard InChI is InChI=1S/C38H60N4O4/c1-5-7-8-9-10-11-12-13-14-15-16-17-18-19-20-21-30-41(31-32-46-37(43)38(3,4)6-2)35-26-22-33(23-27-35)39-40-34-24-28-36(29-25-34)42(44)45/h22-29H,5-21,30-32H2,1-4H3. The summed E-state index contributed by atoms with van der Waals surface area (Å²) in [6, 6.07) is 13.9. The molecule has 0 unspecified atom stereocenters. The summed E-state index contributed by atoms with van der Waals surface area (Å²) < 4.78 is 5.66. The van der Waals surface area contributed by atoms with Gasteiger partial charge in [-0.05, 0) is 63.1 Å². The molecule has 0 aliphatic carbocycles. The van der Waals surface area contributed by atoms with Gasteiger partial charge in [0.25, 0.3) is 5.69 Å². The molecule has 8 heteroatoms. The molecule has 2 rings (SSSR count). The van der Waals surface area contributed by atoms with Gasteiger partial charge in [0.05, 0.1) is 28.3 Å². The predicted molar refractivity (Wildman–Crippen MR) is 191 cm³/mol. The predicted octanol–water partition coefficient (Wildman–Crippen LogP) is 12.1. The van der Waals surface area contributed by atoms with Crippen molar-refractivity contribution in [2.75, 3.05) is 24.6 Å². The molecule has 0 aromatic heterocycles. The number of nitrogens with zero attached hydrogens (tertiary/aromatic N) is 4. The van der Waals surface area contributed by atoms with Gasteiger partial charge in [-0.3, -0.25) is 14.9 Å². The van der Waals surface area contributed by atoms with Crippen LogP contribution in [-0.2, 0) is 9.53 Å². The Morgan fingerprint density at radius 3 is 1.57 bits per heavy atom. The largest absolute Gasteiger partial charge is 0.463 e. The van der Waals surface area contributed by atoms with Crippen LogP contribution in [0.5, 0.6) is 0 Å². The van der Waals surface area contributed by atoms with Crippen molar-refractivity contribution in [2.24, 2.45) is 15.6 Å². The molecule has 0 fully saturated rings. The lowest BCUT2D eigenvalue weighted by Gasteiger charge is -2.26. The van der Waals surface area contributed by atoms with E-state index in [2.05, 4.69) is 22.1 Å². The van der Waals surface area contributed by atoms with Crippen molar-refractivity contribution in [2.45, 2.75) is 137 Å². The van der Waals surface area contributed by atoms with Crippen molar-refractivity contribution >= 4 is 28.7 Å². The van der Waals surface area contributed by atoms with E-state index in [-0.39, 0.29) is 11.7 Å². The molecule has 256 valence electrons. The third-order valence-electron chi connectivity index (χ3n) is 8.87. The zero-order chi connectivity index (χ0) is 33.5. The first kappa shape index (κ1) is 38.9. The Kier molecular flexibility index (Phi) is 19.5. The minimum Gasteiger partial charge on any atom is -0.463 e. The van der Waals surface area contributed by atoms with Crippen LogP contribution in [-0.4, -0.2) is 30.6 Å². The van der Waals surface area contributed by atoms with E-state index in [1.165, 1.54) is 108 Å². The molecule has 46 heavy (non-hydrogen) atoms. The van der Waals surface area contributed by atoms with Crippen LogP contribution in [0.3, 0.4) is 0 Å². The molecular formula is C38H60N4O4. The maximum absolute atomic E-state index is 12.5. The van der Waals surface area contributed by atoms with E-state index < -0.39 is 10.3 Å². The smallest absolute Gasteiger partial charge is 0.311 e. The highest BCUT2D eigenvalue weighted by Crippen LogP contribution is 2.25. The number of non-ortho nitro benzene ring substituents is 1. The fraction of sp³-hybridized carbons (Fsp3) is 0.658. The number of esters is 1. The molecule has 0 bridgehead atoms. The van der Waals surface area contributed by atoms with E-state index in [0.29, 0.717) is 24.5 Å². The van der Waals surface area contributed by atoms with E-state index in [9.17, 15) is 14.9 Å². The van der Waals surface area contributed by atoms with Gasteiger partial charge in [-0.15, -0.1) is 0 Å². The van der Waals surface area contributed by atoms with Gasteiger partial charge in [0.1, 0.15) is 6.61 Å². The quantitative estimate of drug-likeness (QED) is 0.0336. The zero-order valence-electron chi connectivity index (χ0n) is 29.2. The summed E-state index contributed by atoms with van der Waals surface area (Å²) in [5, 5.41) is 19.4. The number of carbonyl (C=O) groups is 1. The SMILES string of the molecule is CCCCCCCCCCCCCCCCCCN(CCOC(=O)C(C)(C)CC)c1ccc(N=Nc2ccc([N+](=O)[O-])cc2)cc1. The molecule has 0 spiro atoms. The van der Waals surface area contributed by atoms with E-state index in [1.54, 1.807) is 12.1 Å². The number of nitro groups is 1. The summed E-state index contributed by atoms with van der Waals surface area (Å²) in [6.07, 6.45) is 22.2. The Morgan fingerprint density at radius 1 is 0.696 bits per heavy atom. The second-order valence-corrected chi connectivity index (χ2v) is 13.2. The molecular weight excluding hydrogens is 576 g/mol. The second-order valence-electron chi connectivity index (χ2n) is 13.2. The van der Waals surface area contributed by atoms with Gasteiger partial charge in [0.15, 0.2) is 0 Å². The van der Waals surface area contributed by atoms with Crippen LogP contribution >= 0.6 is 0 Å². The first-order valence-corrected chi connectivity index (χ1v) is 17.9. The highest BCUT2D eigenvalue weighted by atomic mass is 16.6. The highest BCUT2D eigenvalue weighted by molar-refractivity contribution is 5.75. The van der Waals surface area contributed by atoms with Crippen LogP contribution in [0.2, 0.25) is 0 Å². The number of azo groups is 1. The number of nitro benzene ring substituents is 1. The average molecular weight is 637 g/mol. The monoisotopic (exact) mass is 636 g/mol. The molecule has 0 atom stereocenters. The van der Waals surface area contributed by atoms with E-state index in [1.807, 2.05) is 45.0 Å². The maximum atomic E-state index is 12.5. The van der Waals surface area contributed by atoms with Crippen LogP contribution in [0.4, 0.5) is 22.7 Å². The van der Waals surface area contributed by atoms with Crippen LogP contribution in [0.25, 0.3) is 0 Å². The van der Waals surface area contributed by atoms with Crippen LogP contribution in [0.15, 0.2) is 58.8 Å². The first-order chi connectivity index (χ1) is 22.3. The number of benzene rings is 2. The summed E-state index contributed by atoms with van der Waals surface area (Å²) in [4.78, 5) is 25.2. The normalized spacial score (nSPS) is 11.7. The molecule has 0 saturated heterocycles. The Labute approximate surface area is 278 Å². The third kappa shape index (κ3) is 16.3. The molecule has 0 heterocycles. The van der Waals surface area contributed by atoms with Crippen molar-refractivity contribution in [3.8, 4) is 0 Å². The lowest BCUT2D eigenvalue weighted by molar-refractivity contribution is -0.384. The van der Waals surface area contributed by atoms with E-state index in [4.69, 9.17) is 4.74 Å². The molecule has 2 aromatic rings. The Bertz CT molecular complexity index is 1130. The molecule has 0 amide bonds. The average Bonchev–Trinajstić information content (AvgIpc) is 3.06. The number of hydrogen-bond acceptors (Lipinski definition) is 7. The van der Waals surface area contributed by atoms with Gasteiger partial charge >= 0.3 is 5.97 Å². The molecule has 8 nitrogen and oxygen atoms in total. The number of rotatable bonds is 26. The Morgan fingerprint density at radius 2 is 1.13 bits per heavy atom. The topological polar surface area (TPSA) is 97.4 Å². The highest BCUT2D eigenvalue weighted by Gasteiger charge is 2.27. The fourth-order valence-electron chi connectivity index (χ4n) is 5.30. The third-order valence-corrected chi connectivity index (χ3v) is 8.87. The van der Waals surface area contributed by atoms with Gasteiger partial charge in [-0.2, -0.15) is 10.2 Å².